The van der Waals surface area contributed by atoms with Crippen LogP contribution in [0.1, 0.15) is 17.5 Å². The lowest BCUT2D eigenvalue weighted by Gasteiger charge is -2.35. The number of hydrogen-bond donors (Lipinski definition) is 1. The average Bonchev–Trinajstić information content (AvgIpc) is 3.03. The number of benzene rings is 1. The number of likely N-dealkylation sites (tertiary alicyclic amines) is 1. The molecule has 1 N–H and O–H groups in total. The van der Waals surface area contributed by atoms with Crippen molar-refractivity contribution in [2.75, 3.05) is 52.4 Å². The van der Waals surface area contributed by atoms with Gasteiger partial charge in [0.1, 0.15) is 0 Å². The second-order valence-electron chi connectivity index (χ2n) is 7.22. The zero-order valence-corrected chi connectivity index (χ0v) is 14.7. The molecule has 1 amide bonds. The van der Waals surface area contributed by atoms with Crippen molar-refractivity contribution in [2.45, 2.75) is 19.9 Å². The third-order valence-electron chi connectivity index (χ3n) is 5.20. The minimum absolute atomic E-state index is 0.238. The number of rotatable bonds is 5. The molecule has 0 aromatic heterocycles. The predicted octanol–water partition coefficient (Wildman–Crippen LogP) is 0.953. The molecule has 5 nitrogen and oxygen atoms in total. The Labute approximate surface area is 144 Å². The van der Waals surface area contributed by atoms with Gasteiger partial charge in [0.2, 0.25) is 5.91 Å². The molecule has 3 rings (SSSR count). The lowest BCUT2D eigenvalue weighted by molar-refractivity contribution is -0.134. The van der Waals surface area contributed by atoms with Gasteiger partial charge in [0.15, 0.2) is 0 Å². The molecule has 0 saturated carbocycles. The number of hydrogen-bond acceptors (Lipinski definition) is 4. The van der Waals surface area contributed by atoms with Crippen molar-refractivity contribution < 1.29 is 9.90 Å². The summed E-state index contributed by atoms with van der Waals surface area (Å²) in [7, 11) is 0. The van der Waals surface area contributed by atoms with E-state index in [4.69, 9.17) is 0 Å². The summed E-state index contributed by atoms with van der Waals surface area (Å²) in [6.45, 7) is 9.16. The molecule has 0 aliphatic carbocycles. The Morgan fingerprint density at radius 3 is 2.62 bits per heavy atom. The first-order chi connectivity index (χ1) is 11.6. The summed E-state index contributed by atoms with van der Waals surface area (Å²) < 4.78 is 0. The molecule has 1 aromatic carbocycles. The van der Waals surface area contributed by atoms with E-state index in [-0.39, 0.29) is 12.5 Å². The Hall–Kier alpha value is -1.43. The third-order valence-corrected chi connectivity index (χ3v) is 5.20. The van der Waals surface area contributed by atoms with Gasteiger partial charge in [0.05, 0.1) is 6.54 Å². The monoisotopic (exact) mass is 331 g/mol. The SMILES string of the molecule is Cc1cccc(CN2CCN(C(=O)CN3CCC(CO)C3)CC2)c1. The van der Waals surface area contributed by atoms with Crippen LogP contribution in [0, 0.1) is 12.8 Å². The molecule has 2 aliphatic heterocycles. The first kappa shape index (κ1) is 17.4. The fourth-order valence-electron chi connectivity index (χ4n) is 3.72. The molecule has 1 unspecified atom stereocenters. The van der Waals surface area contributed by atoms with Crippen LogP contribution in [0.15, 0.2) is 24.3 Å². The average molecular weight is 331 g/mol. The van der Waals surface area contributed by atoms with Gasteiger partial charge in [-0.15, -0.1) is 0 Å². The molecule has 5 heteroatoms. The first-order valence-corrected chi connectivity index (χ1v) is 9.03. The van der Waals surface area contributed by atoms with E-state index in [0.717, 1.165) is 52.2 Å². The Morgan fingerprint density at radius 1 is 1.17 bits per heavy atom. The second-order valence-corrected chi connectivity index (χ2v) is 7.22. The molecule has 1 aromatic rings. The standard InChI is InChI=1S/C19H29N3O2/c1-16-3-2-4-17(11-16)12-20-7-9-22(10-8-20)19(24)14-21-6-5-18(13-21)15-23/h2-4,11,18,23H,5-10,12-15H2,1H3. The maximum Gasteiger partial charge on any atom is 0.236 e. The van der Waals surface area contributed by atoms with Crippen molar-refractivity contribution >= 4 is 5.91 Å². The summed E-state index contributed by atoms with van der Waals surface area (Å²) >= 11 is 0. The van der Waals surface area contributed by atoms with Crippen LogP contribution in [-0.2, 0) is 11.3 Å². The van der Waals surface area contributed by atoms with Crippen molar-refractivity contribution in [3.63, 3.8) is 0 Å². The van der Waals surface area contributed by atoms with Crippen LogP contribution >= 0.6 is 0 Å². The molecule has 1 atom stereocenters. The molecule has 2 saturated heterocycles. The lowest BCUT2D eigenvalue weighted by Crippen LogP contribution is -2.50. The fourth-order valence-corrected chi connectivity index (χ4v) is 3.72. The van der Waals surface area contributed by atoms with Crippen molar-refractivity contribution in [2.24, 2.45) is 5.92 Å². The number of aryl methyl sites for hydroxylation is 1. The van der Waals surface area contributed by atoms with Crippen LogP contribution in [0.25, 0.3) is 0 Å². The quantitative estimate of drug-likeness (QED) is 0.873. The van der Waals surface area contributed by atoms with Crippen molar-refractivity contribution in [3.8, 4) is 0 Å². The molecule has 0 spiro atoms. The fraction of sp³-hybridized carbons (Fsp3) is 0.632. The highest BCUT2D eigenvalue weighted by Crippen LogP contribution is 2.16. The van der Waals surface area contributed by atoms with E-state index in [1.807, 2.05) is 4.90 Å². The highest BCUT2D eigenvalue weighted by molar-refractivity contribution is 5.78. The molecule has 2 fully saturated rings. The van der Waals surface area contributed by atoms with Gasteiger partial charge in [0.25, 0.3) is 0 Å². The Morgan fingerprint density at radius 2 is 1.96 bits per heavy atom. The number of nitrogens with zero attached hydrogens (tertiary/aromatic N) is 3. The lowest BCUT2D eigenvalue weighted by atomic mass is 10.1. The van der Waals surface area contributed by atoms with Gasteiger partial charge >= 0.3 is 0 Å². The zero-order valence-electron chi connectivity index (χ0n) is 14.7. The van der Waals surface area contributed by atoms with Crippen LogP contribution in [0.4, 0.5) is 0 Å². The van der Waals surface area contributed by atoms with Crippen LogP contribution < -0.4 is 0 Å². The summed E-state index contributed by atoms with van der Waals surface area (Å²) in [5, 5.41) is 9.21. The molecule has 0 bridgehead atoms. The molecule has 132 valence electrons. The smallest absolute Gasteiger partial charge is 0.236 e. The zero-order chi connectivity index (χ0) is 16.9. The first-order valence-electron chi connectivity index (χ1n) is 9.03. The summed E-state index contributed by atoms with van der Waals surface area (Å²) in [4.78, 5) is 19.1. The summed E-state index contributed by atoms with van der Waals surface area (Å²) in [5.41, 5.74) is 2.65. The maximum atomic E-state index is 12.5. The highest BCUT2D eigenvalue weighted by atomic mass is 16.3. The van der Waals surface area contributed by atoms with Gasteiger partial charge in [-0.2, -0.15) is 0 Å². The Balaban J connectivity index is 1.42. The van der Waals surface area contributed by atoms with E-state index < -0.39 is 0 Å². The van der Waals surface area contributed by atoms with Gasteiger partial charge in [-0.25, -0.2) is 0 Å². The normalized spacial score (nSPS) is 22.9. The molecule has 2 aliphatic rings. The van der Waals surface area contributed by atoms with E-state index in [9.17, 15) is 9.90 Å². The second kappa shape index (κ2) is 8.10. The maximum absolute atomic E-state index is 12.5. The van der Waals surface area contributed by atoms with E-state index in [1.165, 1.54) is 11.1 Å². The van der Waals surface area contributed by atoms with Crippen LogP contribution in [0.3, 0.4) is 0 Å². The topological polar surface area (TPSA) is 47.0 Å². The Kier molecular flexibility index (Phi) is 5.87. The van der Waals surface area contributed by atoms with E-state index >= 15 is 0 Å². The van der Waals surface area contributed by atoms with Gasteiger partial charge < -0.3 is 10.0 Å². The van der Waals surface area contributed by atoms with Crippen molar-refractivity contribution in [3.05, 3.63) is 35.4 Å². The molecular formula is C19H29N3O2. The number of aliphatic hydroxyl groups excluding tert-OH is 1. The number of carbonyl (C=O) groups is 1. The van der Waals surface area contributed by atoms with Gasteiger partial charge in [-0.3, -0.25) is 14.6 Å². The molecule has 0 radical (unpaired) electrons. The predicted molar refractivity (Wildman–Crippen MR) is 94.7 cm³/mol. The van der Waals surface area contributed by atoms with Crippen LogP contribution in [-0.4, -0.2) is 78.1 Å². The third kappa shape index (κ3) is 4.56. The number of aliphatic hydroxyl groups is 1. The van der Waals surface area contributed by atoms with Crippen molar-refractivity contribution in [1.82, 2.24) is 14.7 Å². The molecular weight excluding hydrogens is 302 g/mol. The largest absolute Gasteiger partial charge is 0.396 e. The molecule has 2 heterocycles. The highest BCUT2D eigenvalue weighted by Gasteiger charge is 2.27. The summed E-state index contributed by atoms with van der Waals surface area (Å²) in [5.74, 6) is 0.591. The number of carbonyl (C=O) groups excluding carboxylic acids is 1. The van der Waals surface area contributed by atoms with Gasteiger partial charge in [-0.05, 0) is 31.4 Å². The van der Waals surface area contributed by atoms with Gasteiger partial charge in [0, 0.05) is 45.9 Å². The molecule has 24 heavy (non-hydrogen) atoms. The van der Waals surface area contributed by atoms with Crippen LogP contribution in [0.5, 0.6) is 0 Å². The minimum Gasteiger partial charge on any atom is -0.396 e. The van der Waals surface area contributed by atoms with Gasteiger partial charge in [-0.1, -0.05) is 29.8 Å². The Bertz CT molecular complexity index is 555. The number of amides is 1. The van der Waals surface area contributed by atoms with E-state index in [2.05, 4.69) is 41.0 Å². The summed E-state index contributed by atoms with van der Waals surface area (Å²) in [6.07, 6.45) is 1.01. The van der Waals surface area contributed by atoms with E-state index in [1.54, 1.807) is 0 Å². The van der Waals surface area contributed by atoms with E-state index in [0.29, 0.717) is 12.5 Å². The minimum atomic E-state index is 0.238. The van der Waals surface area contributed by atoms with Crippen molar-refractivity contribution in [1.29, 1.82) is 0 Å². The number of piperazine rings is 1. The van der Waals surface area contributed by atoms with Crippen LogP contribution in [0.2, 0.25) is 0 Å². The summed E-state index contributed by atoms with van der Waals surface area (Å²) in [6, 6.07) is 8.65.